The van der Waals surface area contributed by atoms with Crippen molar-refractivity contribution >= 4 is 0 Å². The first kappa shape index (κ1) is 14.5. The van der Waals surface area contributed by atoms with E-state index in [0.717, 1.165) is 26.1 Å². The second-order valence-corrected chi connectivity index (χ2v) is 6.03. The first-order chi connectivity index (χ1) is 9.17. The van der Waals surface area contributed by atoms with Crippen LogP contribution in [0, 0.1) is 0 Å². The lowest BCUT2D eigenvalue weighted by Crippen LogP contribution is -2.48. The zero-order valence-electron chi connectivity index (χ0n) is 12.7. The van der Waals surface area contributed by atoms with Gasteiger partial charge in [0, 0.05) is 18.6 Å². The fraction of sp³-hybridized carbons (Fsp3) is 0.647. The Kier molecular flexibility index (Phi) is 5.00. The number of nitrogens with zero attached hydrogens (tertiary/aromatic N) is 1. The predicted molar refractivity (Wildman–Crippen MR) is 82.4 cm³/mol. The SMILES string of the molecule is CCc1ccccc1CN1CCCNC(C)(CC)C1. The van der Waals surface area contributed by atoms with Crippen LogP contribution in [0.1, 0.15) is 44.7 Å². The molecule has 2 heteroatoms. The molecule has 2 nitrogen and oxygen atoms in total. The Morgan fingerprint density at radius 1 is 1.21 bits per heavy atom. The zero-order valence-corrected chi connectivity index (χ0v) is 12.7. The van der Waals surface area contributed by atoms with Gasteiger partial charge in [-0.3, -0.25) is 4.90 Å². The minimum absolute atomic E-state index is 0.275. The van der Waals surface area contributed by atoms with E-state index in [1.165, 1.54) is 30.5 Å². The van der Waals surface area contributed by atoms with Gasteiger partial charge in [0.15, 0.2) is 0 Å². The lowest BCUT2D eigenvalue weighted by Gasteiger charge is -2.33. The Hall–Kier alpha value is -0.860. The predicted octanol–water partition coefficient (Wildman–Crippen LogP) is 3.21. The molecule has 1 aromatic rings. The average Bonchev–Trinajstić information content (AvgIpc) is 2.62. The van der Waals surface area contributed by atoms with Gasteiger partial charge >= 0.3 is 0 Å². The summed E-state index contributed by atoms with van der Waals surface area (Å²) in [6.07, 6.45) is 3.58. The fourth-order valence-electron chi connectivity index (χ4n) is 2.99. The highest BCUT2D eigenvalue weighted by Gasteiger charge is 2.27. The van der Waals surface area contributed by atoms with Gasteiger partial charge in [-0.15, -0.1) is 0 Å². The molecule has 2 rings (SSSR count). The van der Waals surface area contributed by atoms with Crippen molar-refractivity contribution in [1.82, 2.24) is 10.2 Å². The van der Waals surface area contributed by atoms with Gasteiger partial charge in [0.25, 0.3) is 0 Å². The summed E-state index contributed by atoms with van der Waals surface area (Å²) in [7, 11) is 0. The molecule has 0 amide bonds. The Labute approximate surface area is 118 Å². The first-order valence-corrected chi connectivity index (χ1v) is 7.71. The number of aryl methyl sites for hydroxylation is 1. The normalized spacial score (nSPS) is 25.2. The number of benzene rings is 1. The highest BCUT2D eigenvalue weighted by atomic mass is 15.2. The quantitative estimate of drug-likeness (QED) is 0.894. The van der Waals surface area contributed by atoms with Crippen LogP contribution in [-0.2, 0) is 13.0 Å². The summed E-state index contributed by atoms with van der Waals surface area (Å²) in [4.78, 5) is 2.62. The number of hydrogen-bond acceptors (Lipinski definition) is 2. The van der Waals surface area contributed by atoms with Crippen molar-refractivity contribution in [3.63, 3.8) is 0 Å². The van der Waals surface area contributed by atoms with Crippen molar-refractivity contribution in [1.29, 1.82) is 0 Å². The van der Waals surface area contributed by atoms with E-state index in [4.69, 9.17) is 0 Å². The summed E-state index contributed by atoms with van der Waals surface area (Å²) in [6, 6.07) is 8.89. The van der Waals surface area contributed by atoms with Gasteiger partial charge < -0.3 is 5.32 Å². The van der Waals surface area contributed by atoms with E-state index in [-0.39, 0.29) is 5.54 Å². The van der Waals surface area contributed by atoms with E-state index in [0.29, 0.717) is 0 Å². The van der Waals surface area contributed by atoms with E-state index in [1.807, 2.05) is 0 Å². The van der Waals surface area contributed by atoms with Crippen LogP contribution in [-0.4, -0.2) is 30.1 Å². The van der Waals surface area contributed by atoms with Crippen molar-refractivity contribution in [3.8, 4) is 0 Å². The molecule has 1 heterocycles. The molecule has 1 aromatic carbocycles. The Morgan fingerprint density at radius 3 is 2.63 bits per heavy atom. The molecule has 106 valence electrons. The highest BCUT2D eigenvalue weighted by molar-refractivity contribution is 5.27. The molecule has 1 aliphatic heterocycles. The van der Waals surface area contributed by atoms with Crippen LogP contribution in [0.4, 0.5) is 0 Å². The maximum absolute atomic E-state index is 3.71. The third kappa shape index (κ3) is 3.80. The first-order valence-electron chi connectivity index (χ1n) is 7.71. The molecule has 19 heavy (non-hydrogen) atoms. The van der Waals surface area contributed by atoms with E-state index < -0.39 is 0 Å². The van der Waals surface area contributed by atoms with Gasteiger partial charge in [0.05, 0.1) is 0 Å². The molecule has 0 radical (unpaired) electrons. The minimum atomic E-state index is 0.275. The fourth-order valence-corrected chi connectivity index (χ4v) is 2.99. The van der Waals surface area contributed by atoms with Crippen LogP contribution in [0.5, 0.6) is 0 Å². The molecule has 1 atom stereocenters. The van der Waals surface area contributed by atoms with Crippen molar-refractivity contribution in [3.05, 3.63) is 35.4 Å². The van der Waals surface area contributed by atoms with Crippen molar-refractivity contribution in [2.45, 2.75) is 52.1 Å². The lowest BCUT2D eigenvalue weighted by molar-refractivity contribution is 0.208. The van der Waals surface area contributed by atoms with Gasteiger partial charge in [-0.25, -0.2) is 0 Å². The van der Waals surface area contributed by atoms with Crippen molar-refractivity contribution in [2.24, 2.45) is 0 Å². The minimum Gasteiger partial charge on any atom is -0.310 e. The van der Waals surface area contributed by atoms with E-state index in [9.17, 15) is 0 Å². The molecule has 1 unspecified atom stereocenters. The van der Waals surface area contributed by atoms with E-state index in [1.54, 1.807) is 0 Å². The maximum Gasteiger partial charge on any atom is 0.0277 e. The molecule has 0 aliphatic carbocycles. The summed E-state index contributed by atoms with van der Waals surface area (Å²) in [5.41, 5.74) is 3.28. The summed E-state index contributed by atoms with van der Waals surface area (Å²) >= 11 is 0. The van der Waals surface area contributed by atoms with Gasteiger partial charge in [-0.1, -0.05) is 38.1 Å². The molecule has 0 saturated carbocycles. The summed E-state index contributed by atoms with van der Waals surface area (Å²) in [6.45, 7) is 11.5. The topological polar surface area (TPSA) is 15.3 Å². The lowest BCUT2D eigenvalue weighted by atomic mass is 9.98. The average molecular weight is 260 g/mol. The third-order valence-corrected chi connectivity index (χ3v) is 4.45. The smallest absolute Gasteiger partial charge is 0.0277 e. The third-order valence-electron chi connectivity index (χ3n) is 4.45. The standard InChI is InChI=1S/C17H28N2/c1-4-15-9-6-7-10-16(15)13-19-12-8-11-18-17(3,5-2)14-19/h6-7,9-10,18H,4-5,8,11-14H2,1-3H3. The Bertz CT molecular complexity index is 402. The maximum atomic E-state index is 3.71. The molecule has 1 N–H and O–H groups in total. The van der Waals surface area contributed by atoms with E-state index in [2.05, 4.69) is 55.3 Å². The zero-order chi connectivity index (χ0) is 13.7. The van der Waals surface area contributed by atoms with Gasteiger partial charge in [-0.05, 0) is 50.4 Å². The molecule has 0 spiro atoms. The monoisotopic (exact) mass is 260 g/mol. The van der Waals surface area contributed by atoms with Crippen molar-refractivity contribution in [2.75, 3.05) is 19.6 Å². The Balaban J connectivity index is 2.08. The molecule has 1 fully saturated rings. The number of hydrogen-bond donors (Lipinski definition) is 1. The highest BCUT2D eigenvalue weighted by Crippen LogP contribution is 2.19. The van der Waals surface area contributed by atoms with Gasteiger partial charge in [-0.2, -0.15) is 0 Å². The van der Waals surface area contributed by atoms with Crippen molar-refractivity contribution < 1.29 is 0 Å². The largest absolute Gasteiger partial charge is 0.310 e. The molecule has 1 saturated heterocycles. The van der Waals surface area contributed by atoms with Gasteiger partial charge in [0.1, 0.15) is 0 Å². The van der Waals surface area contributed by atoms with Crippen LogP contribution in [0.3, 0.4) is 0 Å². The second kappa shape index (κ2) is 6.53. The molecule has 1 aliphatic rings. The molecule has 0 bridgehead atoms. The van der Waals surface area contributed by atoms with E-state index >= 15 is 0 Å². The van der Waals surface area contributed by atoms with Crippen LogP contribution < -0.4 is 5.32 Å². The summed E-state index contributed by atoms with van der Waals surface area (Å²) in [5, 5.41) is 3.71. The second-order valence-electron chi connectivity index (χ2n) is 6.03. The summed E-state index contributed by atoms with van der Waals surface area (Å²) < 4.78 is 0. The van der Waals surface area contributed by atoms with Gasteiger partial charge in [0.2, 0.25) is 0 Å². The van der Waals surface area contributed by atoms with Crippen LogP contribution in [0.2, 0.25) is 0 Å². The number of nitrogens with one attached hydrogen (secondary N) is 1. The Morgan fingerprint density at radius 2 is 1.95 bits per heavy atom. The van der Waals surface area contributed by atoms with Crippen LogP contribution >= 0.6 is 0 Å². The molecular formula is C17H28N2. The van der Waals surface area contributed by atoms with Crippen LogP contribution in [0.15, 0.2) is 24.3 Å². The number of rotatable bonds is 4. The van der Waals surface area contributed by atoms with Crippen LogP contribution in [0.25, 0.3) is 0 Å². The molecular weight excluding hydrogens is 232 g/mol. The molecule has 0 aromatic heterocycles. The summed E-state index contributed by atoms with van der Waals surface area (Å²) in [5.74, 6) is 0.